The first-order chi connectivity index (χ1) is 10.1. The van der Waals surface area contributed by atoms with Crippen LogP contribution in [0.15, 0.2) is 12.1 Å². The van der Waals surface area contributed by atoms with Gasteiger partial charge in [0.05, 0.1) is 6.54 Å². The zero-order valence-electron chi connectivity index (χ0n) is 14.1. The summed E-state index contributed by atoms with van der Waals surface area (Å²) in [5.41, 5.74) is 4.29. The fraction of sp³-hybridized carbons (Fsp3) is 0.471. The van der Waals surface area contributed by atoms with Crippen molar-refractivity contribution in [2.45, 2.75) is 53.5 Å². The number of nitrogens with zero attached hydrogens (tertiary/aromatic N) is 3. The van der Waals surface area contributed by atoms with Crippen molar-refractivity contribution in [2.75, 3.05) is 0 Å². The van der Waals surface area contributed by atoms with Gasteiger partial charge in [-0.25, -0.2) is 14.5 Å². The molecular weight excluding hydrogens is 285 g/mol. The van der Waals surface area contributed by atoms with Crippen LogP contribution in [0, 0.1) is 20.8 Å². The Bertz CT molecular complexity index is 707. The van der Waals surface area contributed by atoms with Crippen LogP contribution in [-0.4, -0.2) is 44.7 Å². The summed E-state index contributed by atoms with van der Waals surface area (Å²) in [5, 5.41) is 13.8. The van der Waals surface area contributed by atoms with Crippen molar-refractivity contribution in [1.29, 1.82) is 0 Å². The molecule has 1 aromatic carbocycles. The summed E-state index contributed by atoms with van der Waals surface area (Å²) in [7, 11) is 0. The molecule has 120 valence electrons. The number of hydrogen-bond acceptors (Lipinski definition) is 3. The maximum atomic E-state index is 11.5. The van der Waals surface area contributed by atoms with Crippen molar-refractivity contribution in [3.05, 3.63) is 46.0 Å². The standard InChI is InChI=1S/C17H23N3O2.Li.H/c1-10-7-11(2)13(12(3)8-10)9-20-14(15(21)22)18-16(19-20)17(4,5)6;;/h7-8H,9H2,1-6H3,(H,21,22);;. The number of rotatable bonds is 3. The van der Waals surface area contributed by atoms with Crippen molar-refractivity contribution < 1.29 is 9.90 Å². The number of aryl methyl sites for hydroxylation is 3. The van der Waals surface area contributed by atoms with Gasteiger partial charge in [-0.15, -0.1) is 0 Å². The third kappa shape index (κ3) is 4.24. The van der Waals surface area contributed by atoms with Gasteiger partial charge >= 0.3 is 24.8 Å². The van der Waals surface area contributed by atoms with Gasteiger partial charge < -0.3 is 5.11 Å². The molecule has 1 N–H and O–H groups in total. The third-order valence-electron chi connectivity index (χ3n) is 3.68. The van der Waals surface area contributed by atoms with Gasteiger partial charge in [-0.2, -0.15) is 5.10 Å². The summed E-state index contributed by atoms with van der Waals surface area (Å²) < 4.78 is 1.49. The monoisotopic (exact) mass is 309 g/mol. The van der Waals surface area contributed by atoms with Gasteiger partial charge in [0.2, 0.25) is 5.82 Å². The van der Waals surface area contributed by atoms with E-state index in [9.17, 15) is 9.90 Å². The summed E-state index contributed by atoms with van der Waals surface area (Å²) in [6, 6.07) is 4.20. The second kappa shape index (κ2) is 6.90. The zero-order chi connectivity index (χ0) is 16.7. The molecule has 6 heteroatoms. The number of carboxylic acids is 1. The molecular formula is C17H24LiN3O2. The molecule has 0 radical (unpaired) electrons. The van der Waals surface area contributed by atoms with Crippen LogP contribution < -0.4 is 0 Å². The molecule has 1 aromatic heterocycles. The van der Waals surface area contributed by atoms with Crippen LogP contribution in [0.2, 0.25) is 0 Å². The SMILES string of the molecule is Cc1cc(C)c(Cn2nc(C(C)(C)C)nc2C(=O)O)c(C)c1.[LiH]. The van der Waals surface area contributed by atoms with E-state index < -0.39 is 5.97 Å². The Labute approximate surface area is 149 Å². The molecule has 1 heterocycles. The van der Waals surface area contributed by atoms with Crippen molar-refractivity contribution in [3.63, 3.8) is 0 Å². The van der Waals surface area contributed by atoms with Crippen LogP contribution in [0.1, 0.15) is 59.5 Å². The molecule has 0 fully saturated rings. The number of benzene rings is 1. The molecule has 0 aliphatic rings. The van der Waals surface area contributed by atoms with Gasteiger partial charge in [0.25, 0.3) is 0 Å². The molecule has 0 amide bonds. The van der Waals surface area contributed by atoms with E-state index in [1.54, 1.807) is 0 Å². The molecule has 2 rings (SSSR count). The Morgan fingerprint density at radius 3 is 2.13 bits per heavy atom. The van der Waals surface area contributed by atoms with E-state index in [0.29, 0.717) is 12.4 Å². The van der Waals surface area contributed by atoms with E-state index in [1.165, 1.54) is 10.2 Å². The number of aromatic nitrogens is 3. The number of hydrogen-bond donors (Lipinski definition) is 1. The molecule has 23 heavy (non-hydrogen) atoms. The van der Waals surface area contributed by atoms with Crippen LogP contribution in [0.3, 0.4) is 0 Å². The Kier molecular flexibility index (Phi) is 5.84. The van der Waals surface area contributed by atoms with E-state index in [-0.39, 0.29) is 30.1 Å². The maximum absolute atomic E-state index is 11.5. The van der Waals surface area contributed by atoms with Gasteiger partial charge in [-0.3, -0.25) is 0 Å². The second-order valence-electron chi connectivity index (χ2n) is 6.85. The van der Waals surface area contributed by atoms with Crippen LogP contribution in [-0.2, 0) is 12.0 Å². The fourth-order valence-corrected chi connectivity index (χ4v) is 2.54. The summed E-state index contributed by atoms with van der Waals surface area (Å²) in [5.74, 6) is -0.512. The molecule has 5 nitrogen and oxygen atoms in total. The first-order valence-electron chi connectivity index (χ1n) is 7.35. The summed E-state index contributed by atoms with van der Waals surface area (Å²) in [6.45, 7) is 12.5. The Hall–Kier alpha value is -1.57. The molecule has 0 atom stereocenters. The predicted octanol–water partition coefficient (Wildman–Crippen LogP) is 2.60. The molecule has 0 saturated heterocycles. The predicted molar refractivity (Wildman–Crippen MR) is 92.6 cm³/mol. The van der Waals surface area contributed by atoms with Crippen LogP contribution in [0.4, 0.5) is 0 Å². The minimum absolute atomic E-state index is 0. The second-order valence-corrected chi connectivity index (χ2v) is 6.85. The number of aromatic carboxylic acids is 1. The van der Waals surface area contributed by atoms with Gasteiger partial charge in [0, 0.05) is 5.41 Å². The first kappa shape index (κ1) is 19.5. The third-order valence-corrected chi connectivity index (χ3v) is 3.68. The Balaban J connectivity index is 0.00000264. The van der Waals surface area contributed by atoms with Crippen molar-refractivity contribution in [2.24, 2.45) is 0 Å². The molecule has 0 aliphatic heterocycles. The van der Waals surface area contributed by atoms with Gasteiger partial charge in [0.15, 0.2) is 5.82 Å². The Morgan fingerprint density at radius 1 is 1.17 bits per heavy atom. The van der Waals surface area contributed by atoms with Gasteiger partial charge in [-0.1, -0.05) is 38.5 Å². The van der Waals surface area contributed by atoms with Crippen molar-refractivity contribution in [1.82, 2.24) is 14.8 Å². The van der Waals surface area contributed by atoms with E-state index >= 15 is 0 Å². The quantitative estimate of drug-likeness (QED) is 0.885. The normalized spacial score (nSPS) is 11.2. The van der Waals surface area contributed by atoms with E-state index in [2.05, 4.69) is 29.1 Å². The molecule has 0 bridgehead atoms. The van der Waals surface area contributed by atoms with Crippen molar-refractivity contribution in [3.8, 4) is 0 Å². The molecule has 0 aliphatic carbocycles. The fourth-order valence-electron chi connectivity index (χ4n) is 2.54. The van der Waals surface area contributed by atoms with E-state index in [4.69, 9.17) is 0 Å². The molecule has 2 aromatic rings. The van der Waals surface area contributed by atoms with E-state index in [1.807, 2.05) is 34.6 Å². The van der Waals surface area contributed by atoms with Gasteiger partial charge in [0.1, 0.15) is 0 Å². The van der Waals surface area contributed by atoms with Crippen LogP contribution >= 0.6 is 0 Å². The zero-order valence-corrected chi connectivity index (χ0v) is 14.1. The molecule has 0 unspecified atom stereocenters. The average molecular weight is 309 g/mol. The Morgan fingerprint density at radius 2 is 1.70 bits per heavy atom. The average Bonchev–Trinajstić information content (AvgIpc) is 2.77. The summed E-state index contributed by atoms with van der Waals surface area (Å²) in [6.07, 6.45) is 0. The van der Waals surface area contributed by atoms with Crippen LogP contribution in [0.25, 0.3) is 0 Å². The molecule has 0 spiro atoms. The number of carbonyl (C=O) groups is 1. The van der Waals surface area contributed by atoms with Crippen molar-refractivity contribution >= 4 is 24.8 Å². The first-order valence-corrected chi connectivity index (χ1v) is 7.35. The molecule has 0 saturated carbocycles. The number of carboxylic acid groups (broad SMARTS) is 1. The summed E-state index contributed by atoms with van der Waals surface area (Å²) >= 11 is 0. The topological polar surface area (TPSA) is 68.0 Å². The summed E-state index contributed by atoms with van der Waals surface area (Å²) in [4.78, 5) is 15.7. The van der Waals surface area contributed by atoms with Crippen LogP contribution in [0.5, 0.6) is 0 Å². The van der Waals surface area contributed by atoms with E-state index in [0.717, 1.165) is 16.7 Å². The van der Waals surface area contributed by atoms with Gasteiger partial charge in [-0.05, 0) is 37.5 Å². The minimum atomic E-state index is -1.05.